The molecule has 0 aliphatic carbocycles. The number of carbonyl (C=O) groups excluding carboxylic acids is 3. The smallest absolute Gasteiger partial charge is 0.260 e. The van der Waals surface area contributed by atoms with E-state index >= 15 is 0 Å². The van der Waals surface area contributed by atoms with Crippen LogP contribution in [0.3, 0.4) is 0 Å². The highest BCUT2D eigenvalue weighted by atomic mass is 16.5. The minimum atomic E-state index is -0.136. The maximum Gasteiger partial charge on any atom is 0.260 e. The lowest BCUT2D eigenvalue weighted by Crippen LogP contribution is -2.43. The number of piperidine rings is 1. The van der Waals surface area contributed by atoms with E-state index in [-0.39, 0.29) is 30.2 Å². The average Bonchev–Trinajstić information content (AvgIpc) is 3.23. The topological polar surface area (TPSA) is 91.8 Å². The number of aryl methyl sites for hydroxylation is 1. The molecule has 3 amide bonds. The normalized spacial score (nSPS) is 16.8. The summed E-state index contributed by atoms with van der Waals surface area (Å²) in [5.41, 5.74) is 1.89. The van der Waals surface area contributed by atoms with Crippen LogP contribution in [0.25, 0.3) is 0 Å². The first kappa shape index (κ1) is 21.8. The Balaban J connectivity index is 1.21. The van der Waals surface area contributed by atoms with Gasteiger partial charge in [-0.15, -0.1) is 0 Å². The molecule has 0 unspecified atom stereocenters. The Hall–Kier alpha value is -3.42. The third-order valence-electron chi connectivity index (χ3n) is 5.97. The van der Waals surface area contributed by atoms with E-state index in [9.17, 15) is 14.4 Å². The Morgan fingerprint density at radius 3 is 2.53 bits per heavy atom. The molecular formula is C24H28N4O4. The number of hydrogen-bond donors (Lipinski definition) is 1. The van der Waals surface area contributed by atoms with Crippen LogP contribution in [0.2, 0.25) is 0 Å². The molecule has 0 bridgehead atoms. The van der Waals surface area contributed by atoms with E-state index in [0.29, 0.717) is 43.9 Å². The van der Waals surface area contributed by atoms with Crippen LogP contribution in [0.1, 0.15) is 31.2 Å². The molecule has 4 rings (SSSR count). The van der Waals surface area contributed by atoms with Crippen molar-refractivity contribution in [3.8, 4) is 5.75 Å². The molecule has 168 valence electrons. The summed E-state index contributed by atoms with van der Waals surface area (Å²) in [7, 11) is 0. The largest absolute Gasteiger partial charge is 0.484 e. The summed E-state index contributed by atoms with van der Waals surface area (Å²) in [6.07, 6.45) is 4.37. The molecule has 2 aliphatic heterocycles. The van der Waals surface area contributed by atoms with Crippen LogP contribution >= 0.6 is 0 Å². The second-order valence-electron chi connectivity index (χ2n) is 8.29. The first-order valence-corrected chi connectivity index (χ1v) is 11.0. The van der Waals surface area contributed by atoms with Crippen molar-refractivity contribution in [3.63, 3.8) is 0 Å². The first-order chi connectivity index (χ1) is 15.5. The van der Waals surface area contributed by atoms with E-state index in [4.69, 9.17) is 4.74 Å². The monoisotopic (exact) mass is 436 g/mol. The zero-order valence-electron chi connectivity index (χ0n) is 18.3. The molecule has 2 aliphatic rings. The zero-order valence-corrected chi connectivity index (χ0v) is 18.3. The standard InChI is InChI=1S/C24H28N4O4/c1-17-8-11-25-21(15-17)26-24(31)18-9-13-27(14-10-18)23(30)16-32-20-6-4-19(5-7-20)28-12-2-3-22(28)29/h4-8,11,15,18H,2-3,9-10,12-14,16H2,1H3,(H,25,26,31). The van der Waals surface area contributed by atoms with Crippen molar-refractivity contribution in [1.29, 1.82) is 0 Å². The predicted octanol–water partition coefficient (Wildman–Crippen LogP) is 2.77. The highest BCUT2D eigenvalue weighted by Gasteiger charge is 2.28. The number of benzene rings is 1. The van der Waals surface area contributed by atoms with Gasteiger partial charge >= 0.3 is 0 Å². The molecule has 8 heteroatoms. The minimum absolute atomic E-state index is 0.0495. The summed E-state index contributed by atoms with van der Waals surface area (Å²) in [5.74, 6) is 1.01. The van der Waals surface area contributed by atoms with Crippen LogP contribution in [-0.2, 0) is 14.4 Å². The molecule has 1 N–H and O–H groups in total. The summed E-state index contributed by atoms with van der Waals surface area (Å²) in [6.45, 7) is 3.69. The van der Waals surface area contributed by atoms with Crippen LogP contribution in [-0.4, -0.2) is 53.8 Å². The second-order valence-corrected chi connectivity index (χ2v) is 8.29. The number of likely N-dealkylation sites (tertiary alicyclic amines) is 1. The van der Waals surface area contributed by atoms with Gasteiger partial charge in [0.1, 0.15) is 11.6 Å². The van der Waals surface area contributed by atoms with Crippen molar-refractivity contribution in [2.75, 3.05) is 36.5 Å². The van der Waals surface area contributed by atoms with Gasteiger partial charge < -0.3 is 19.9 Å². The lowest BCUT2D eigenvalue weighted by Gasteiger charge is -2.31. The van der Waals surface area contributed by atoms with E-state index < -0.39 is 0 Å². The molecule has 2 aromatic rings. The Morgan fingerprint density at radius 1 is 1.12 bits per heavy atom. The van der Waals surface area contributed by atoms with Gasteiger partial charge in [0.25, 0.3) is 5.91 Å². The van der Waals surface area contributed by atoms with Crippen molar-refractivity contribution in [1.82, 2.24) is 9.88 Å². The zero-order chi connectivity index (χ0) is 22.5. The Kier molecular flexibility index (Phi) is 6.68. The third kappa shape index (κ3) is 5.25. The van der Waals surface area contributed by atoms with Gasteiger partial charge in [-0.05, 0) is 68.1 Å². The number of anilines is 2. The number of amides is 3. The molecule has 32 heavy (non-hydrogen) atoms. The van der Waals surface area contributed by atoms with E-state index in [0.717, 1.165) is 24.2 Å². The van der Waals surface area contributed by atoms with E-state index in [1.54, 1.807) is 28.1 Å². The number of ether oxygens (including phenoxy) is 1. The van der Waals surface area contributed by atoms with Crippen LogP contribution < -0.4 is 15.0 Å². The maximum absolute atomic E-state index is 12.5. The fourth-order valence-electron chi connectivity index (χ4n) is 4.10. The molecular weight excluding hydrogens is 408 g/mol. The summed E-state index contributed by atoms with van der Waals surface area (Å²) in [6, 6.07) is 11.0. The number of aromatic nitrogens is 1. The van der Waals surface area contributed by atoms with Crippen LogP contribution in [0.5, 0.6) is 5.75 Å². The molecule has 1 aromatic heterocycles. The molecule has 2 saturated heterocycles. The van der Waals surface area contributed by atoms with Gasteiger partial charge in [-0.3, -0.25) is 14.4 Å². The Morgan fingerprint density at radius 2 is 1.88 bits per heavy atom. The number of rotatable bonds is 6. The van der Waals surface area contributed by atoms with E-state index in [1.165, 1.54) is 0 Å². The molecule has 1 aromatic carbocycles. The van der Waals surface area contributed by atoms with Crippen molar-refractivity contribution in [2.24, 2.45) is 5.92 Å². The lowest BCUT2D eigenvalue weighted by molar-refractivity contribution is -0.136. The lowest BCUT2D eigenvalue weighted by atomic mass is 9.96. The van der Waals surface area contributed by atoms with E-state index in [1.807, 2.05) is 31.2 Å². The Labute approximate surface area is 187 Å². The highest BCUT2D eigenvalue weighted by Crippen LogP contribution is 2.24. The molecule has 0 saturated carbocycles. The number of pyridine rings is 1. The molecule has 8 nitrogen and oxygen atoms in total. The average molecular weight is 437 g/mol. The summed E-state index contributed by atoms with van der Waals surface area (Å²) in [5, 5.41) is 2.87. The number of hydrogen-bond acceptors (Lipinski definition) is 5. The first-order valence-electron chi connectivity index (χ1n) is 11.0. The second kappa shape index (κ2) is 9.80. The highest BCUT2D eigenvalue weighted by molar-refractivity contribution is 5.95. The SMILES string of the molecule is Cc1ccnc(NC(=O)C2CCN(C(=O)COc3ccc(N4CCCC4=O)cc3)CC2)c1. The van der Waals surface area contributed by atoms with E-state index in [2.05, 4.69) is 10.3 Å². The number of carbonyl (C=O) groups is 3. The van der Waals surface area contributed by atoms with Gasteiger partial charge in [-0.1, -0.05) is 0 Å². The Bertz CT molecular complexity index is 984. The fourth-order valence-corrected chi connectivity index (χ4v) is 4.10. The summed E-state index contributed by atoms with van der Waals surface area (Å²) < 4.78 is 5.65. The maximum atomic E-state index is 12.5. The quantitative estimate of drug-likeness (QED) is 0.752. The van der Waals surface area contributed by atoms with Crippen molar-refractivity contribution in [3.05, 3.63) is 48.2 Å². The summed E-state index contributed by atoms with van der Waals surface area (Å²) in [4.78, 5) is 44.6. The molecule has 3 heterocycles. The molecule has 0 atom stereocenters. The minimum Gasteiger partial charge on any atom is -0.484 e. The van der Waals surface area contributed by atoms with Crippen molar-refractivity contribution < 1.29 is 19.1 Å². The van der Waals surface area contributed by atoms with Crippen LogP contribution in [0.15, 0.2) is 42.6 Å². The predicted molar refractivity (Wildman–Crippen MR) is 120 cm³/mol. The third-order valence-corrected chi connectivity index (χ3v) is 5.97. The summed E-state index contributed by atoms with van der Waals surface area (Å²) >= 11 is 0. The van der Waals surface area contributed by atoms with Crippen LogP contribution in [0.4, 0.5) is 11.5 Å². The van der Waals surface area contributed by atoms with Gasteiger partial charge in [-0.25, -0.2) is 4.98 Å². The van der Waals surface area contributed by atoms with Crippen molar-refractivity contribution in [2.45, 2.75) is 32.6 Å². The van der Waals surface area contributed by atoms with Gasteiger partial charge in [0.15, 0.2) is 6.61 Å². The molecule has 0 spiro atoms. The van der Waals surface area contributed by atoms with Gasteiger partial charge in [0.2, 0.25) is 11.8 Å². The number of nitrogens with zero attached hydrogens (tertiary/aromatic N) is 3. The molecule has 2 fully saturated rings. The number of nitrogens with one attached hydrogen (secondary N) is 1. The molecule has 0 radical (unpaired) electrons. The van der Waals surface area contributed by atoms with Crippen LogP contribution in [0, 0.1) is 12.8 Å². The van der Waals surface area contributed by atoms with Gasteiger partial charge in [0, 0.05) is 43.9 Å². The van der Waals surface area contributed by atoms with Gasteiger partial charge in [0.05, 0.1) is 0 Å². The fraction of sp³-hybridized carbons (Fsp3) is 0.417. The van der Waals surface area contributed by atoms with Crippen molar-refractivity contribution >= 4 is 29.2 Å². The van der Waals surface area contributed by atoms with Gasteiger partial charge in [-0.2, -0.15) is 0 Å².